The van der Waals surface area contributed by atoms with Gasteiger partial charge in [-0.05, 0) is 31.2 Å². The van der Waals surface area contributed by atoms with Crippen LogP contribution in [0.1, 0.15) is 19.8 Å². The van der Waals surface area contributed by atoms with E-state index in [2.05, 4.69) is 10.2 Å². The van der Waals surface area contributed by atoms with Crippen molar-refractivity contribution in [3.8, 4) is 10.7 Å². The van der Waals surface area contributed by atoms with Crippen molar-refractivity contribution in [2.45, 2.75) is 24.9 Å². The Morgan fingerprint density at radius 2 is 2.31 bits per heavy atom. The van der Waals surface area contributed by atoms with Crippen LogP contribution in [-0.4, -0.2) is 57.1 Å². The molecule has 0 aliphatic carbocycles. The zero-order valence-electron chi connectivity index (χ0n) is 14.5. The van der Waals surface area contributed by atoms with Crippen LogP contribution in [-0.2, 0) is 14.3 Å². The van der Waals surface area contributed by atoms with Crippen molar-refractivity contribution in [3.63, 3.8) is 0 Å². The molecule has 1 amide bonds. The number of ether oxygens (including phenoxy) is 1. The van der Waals surface area contributed by atoms with Gasteiger partial charge in [0.1, 0.15) is 0 Å². The molecule has 1 aliphatic rings. The number of nitrogens with zero attached hydrogens (tertiary/aromatic N) is 4. The van der Waals surface area contributed by atoms with E-state index < -0.39 is 0 Å². The van der Waals surface area contributed by atoms with Crippen LogP contribution >= 0.6 is 23.1 Å². The maximum Gasteiger partial charge on any atom is 0.310 e. The van der Waals surface area contributed by atoms with Crippen molar-refractivity contribution in [2.24, 2.45) is 5.92 Å². The molecule has 1 atom stereocenters. The van der Waals surface area contributed by atoms with Gasteiger partial charge in [0.25, 0.3) is 0 Å². The van der Waals surface area contributed by atoms with Gasteiger partial charge >= 0.3 is 5.97 Å². The second-order valence-corrected chi connectivity index (χ2v) is 7.76. The molecular formula is C16H21N5O3S2. The SMILES string of the molecule is CCOC(=O)C1CCCN(C(=O)CSc2nnc(-c3cccs3)n2N)C1. The number of carbonyl (C=O) groups is 2. The molecule has 2 N–H and O–H groups in total. The summed E-state index contributed by atoms with van der Waals surface area (Å²) in [5, 5.41) is 10.6. The third-order valence-electron chi connectivity index (χ3n) is 4.12. The fourth-order valence-corrected chi connectivity index (χ4v) is 4.29. The highest BCUT2D eigenvalue weighted by Crippen LogP contribution is 2.26. The number of aromatic nitrogens is 3. The number of amides is 1. The molecule has 0 saturated carbocycles. The fourth-order valence-electron chi connectivity index (χ4n) is 2.82. The van der Waals surface area contributed by atoms with Gasteiger partial charge in [0.05, 0.1) is 23.2 Å². The number of hydrogen-bond acceptors (Lipinski definition) is 8. The van der Waals surface area contributed by atoms with E-state index in [9.17, 15) is 9.59 Å². The van der Waals surface area contributed by atoms with E-state index in [1.54, 1.807) is 11.8 Å². The number of hydrogen-bond donors (Lipinski definition) is 1. The number of esters is 1. The Hall–Kier alpha value is -2.07. The smallest absolute Gasteiger partial charge is 0.310 e. The van der Waals surface area contributed by atoms with Gasteiger partial charge in [-0.15, -0.1) is 21.5 Å². The lowest BCUT2D eigenvalue weighted by Gasteiger charge is -2.31. The topological polar surface area (TPSA) is 103 Å². The summed E-state index contributed by atoms with van der Waals surface area (Å²) in [4.78, 5) is 27.0. The van der Waals surface area contributed by atoms with E-state index in [0.717, 1.165) is 17.7 Å². The highest BCUT2D eigenvalue weighted by Gasteiger charge is 2.29. The van der Waals surface area contributed by atoms with Crippen molar-refractivity contribution in [3.05, 3.63) is 17.5 Å². The molecule has 26 heavy (non-hydrogen) atoms. The van der Waals surface area contributed by atoms with Crippen LogP contribution in [0.2, 0.25) is 0 Å². The van der Waals surface area contributed by atoms with Crippen molar-refractivity contribution in [1.29, 1.82) is 0 Å². The van der Waals surface area contributed by atoms with Gasteiger partial charge in [-0.1, -0.05) is 17.8 Å². The maximum atomic E-state index is 12.5. The lowest BCUT2D eigenvalue weighted by molar-refractivity contribution is -0.151. The Bertz CT molecular complexity index is 762. The van der Waals surface area contributed by atoms with Gasteiger partial charge in [0, 0.05) is 13.1 Å². The van der Waals surface area contributed by atoms with Gasteiger partial charge in [-0.2, -0.15) is 0 Å². The van der Waals surface area contributed by atoms with Crippen molar-refractivity contribution < 1.29 is 14.3 Å². The molecule has 2 aromatic heterocycles. The summed E-state index contributed by atoms with van der Waals surface area (Å²) >= 11 is 2.77. The summed E-state index contributed by atoms with van der Waals surface area (Å²) < 4.78 is 6.48. The van der Waals surface area contributed by atoms with E-state index in [4.69, 9.17) is 10.6 Å². The van der Waals surface area contributed by atoms with Crippen LogP contribution in [0, 0.1) is 5.92 Å². The zero-order chi connectivity index (χ0) is 18.5. The first-order valence-electron chi connectivity index (χ1n) is 8.41. The summed E-state index contributed by atoms with van der Waals surface area (Å²) in [6, 6.07) is 3.84. The van der Waals surface area contributed by atoms with Gasteiger partial charge < -0.3 is 15.5 Å². The van der Waals surface area contributed by atoms with Crippen LogP contribution in [0.15, 0.2) is 22.7 Å². The van der Waals surface area contributed by atoms with Crippen LogP contribution in [0.25, 0.3) is 10.7 Å². The zero-order valence-corrected chi connectivity index (χ0v) is 16.1. The number of nitrogen functional groups attached to an aromatic ring is 1. The van der Waals surface area contributed by atoms with E-state index in [1.165, 1.54) is 27.8 Å². The predicted octanol–water partition coefficient (Wildman–Crippen LogP) is 1.61. The summed E-state index contributed by atoms with van der Waals surface area (Å²) in [6.07, 6.45) is 1.56. The second-order valence-electron chi connectivity index (χ2n) is 5.87. The summed E-state index contributed by atoms with van der Waals surface area (Å²) in [7, 11) is 0. The van der Waals surface area contributed by atoms with Gasteiger partial charge in [-0.3, -0.25) is 9.59 Å². The molecular weight excluding hydrogens is 374 g/mol. The van der Waals surface area contributed by atoms with Crippen molar-refractivity contribution in [2.75, 3.05) is 31.3 Å². The number of rotatable bonds is 6. The fraction of sp³-hybridized carbons (Fsp3) is 0.500. The molecule has 2 aromatic rings. The molecule has 0 spiro atoms. The summed E-state index contributed by atoms with van der Waals surface area (Å²) in [5.74, 6) is 6.33. The maximum absolute atomic E-state index is 12.5. The Morgan fingerprint density at radius 3 is 3.04 bits per heavy atom. The number of thiophene rings is 1. The molecule has 0 bridgehead atoms. The number of piperidine rings is 1. The average molecular weight is 396 g/mol. The molecule has 0 radical (unpaired) electrons. The molecule has 0 aromatic carbocycles. The molecule has 140 valence electrons. The van der Waals surface area contributed by atoms with E-state index in [0.29, 0.717) is 30.7 Å². The van der Waals surface area contributed by atoms with Crippen molar-refractivity contribution in [1.82, 2.24) is 19.8 Å². The number of thioether (sulfide) groups is 1. The molecule has 1 aliphatic heterocycles. The third kappa shape index (κ3) is 4.18. The largest absolute Gasteiger partial charge is 0.466 e. The molecule has 1 unspecified atom stereocenters. The standard InChI is InChI=1S/C16H21N5O3S2/c1-2-24-15(23)11-5-3-7-20(9-11)13(22)10-26-16-19-18-14(21(16)17)12-6-4-8-25-12/h4,6,8,11H,2-3,5,7,9-10,17H2,1H3. The average Bonchev–Trinajstić information content (AvgIpc) is 3.30. The number of carbonyl (C=O) groups excluding carboxylic acids is 2. The van der Waals surface area contributed by atoms with Gasteiger partial charge in [0.15, 0.2) is 5.82 Å². The number of nitrogens with two attached hydrogens (primary N) is 1. The Labute approximate surface area is 159 Å². The van der Waals surface area contributed by atoms with Crippen LogP contribution in [0.3, 0.4) is 0 Å². The third-order valence-corrected chi connectivity index (χ3v) is 5.92. The van der Waals surface area contributed by atoms with Crippen LogP contribution < -0.4 is 5.84 Å². The first kappa shape index (κ1) is 18.7. The summed E-state index contributed by atoms with van der Waals surface area (Å²) in [5.41, 5.74) is 0. The highest BCUT2D eigenvalue weighted by molar-refractivity contribution is 7.99. The molecule has 8 nitrogen and oxygen atoms in total. The molecule has 3 rings (SSSR count). The highest BCUT2D eigenvalue weighted by atomic mass is 32.2. The normalized spacial score (nSPS) is 17.3. The van der Waals surface area contributed by atoms with E-state index in [1.807, 2.05) is 17.5 Å². The molecule has 1 saturated heterocycles. The second kappa shape index (κ2) is 8.54. The quantitative estimate of drug-likeness (QED) is 0.450. The monoisotopic (exact) mass is 395 g/mol. The Morgan fingerprint density at radius 1 is 1.46 bits per heavy atom. The lowest BCUT2D eigenvalue weighted by Crippen LogP contribution is -2.43. The minimum Gasteiger partial charge on any atom is -0.466 e. The molecule has 3 heterocycles. The van der Waals surface area contributed by atoms with E-state index >= 15 is 0 Å². The Kier molecular flexibility index (Phi) is 6.15. The number of likely N-dealkylation sites (tertiary alicyclic amines) is 1. The van der Waals surface area contributed by atoms with Crippen LogP contribution in [0.5, 0.6) is 0 Å². The first-order chi connectivity index (χ1) is 12.6. The minimum atomic E-state index is -0.235. The molecule has 10 heteroatoms. The minimum absolute atomic E-state index is 0.0373. The van der Waals surface area contributed by atoms with Gasteiger partial charge in [0.2, 0.25) is 11.1 Å². The van der Waals surface area contributed by atoms with Crippen LogP contribution in [0.4, 0.5) is 0 Å². The predicted molar refractivity (Wildman–Crippen MR) is 100 cm³/mol. The van der Waals surface area contributed by atoms with E-state index in [-0.39, 0.29) is 23.5 Å². The van der Waals surface area contributed by atoms with Gasteiger partial charge in [-0.25, -0.2) is 4.68 Å². The first-order valence-corrected chi connectivity index (χ1v) is 10.3. The Balaban J connectivity index is 1.56. The lowest BCUT2D eigenvalue weighted by atomic mass is 9.98. The van der Waals surface area contributed by atoms with Crippen molar-refractivity contribution >= 4 is 35.0 Å². The molecule has 1 fully saturated rings. The summed E-state index contributed by atoms with van der Waals surface area (Å²) in [6.45, 7) is 3.21.